The Morgan fingerprint density at radius 3 is 2.38 bits per heavy atom. The number of carbonyl (C=O) groups is 1. The first kappa shape index (κ1) is 23.4. The Kier molecular flexibility index (Phi) is 8.67. The highest BCUT2D eigenvalue weighted by molar-refractivity contribution is 7.98. The van der Waals surface area contributed by atoms with Gasteiger partial charge in [-0.2, -0.15) is 16.1 Å². The van der Waals surface area contributed by atoms with Gasteiger partial charge in [0.1, 0.15) is 10.7 Å². The highest BCUT2D eigenvalue weighted by Gasteiger charge is 2.26. The zero-order valence-corrected chi connectivity index (χ0v) is 18.6. The molecule has 1 amide bonds. The molecule has 0 unspecified atom stereocenters. The van der Waals surface area contributed by atoms with Crippen molar-refractivity contribution in [2.45, 2.75) is 31.4 Å². The van der Waals surface area contributed by atoms with Gasteiger partial charge in [-0.3, -0.25) is 4.79 Å². The summed E-state index contributed by atoms with van der Waals surface area (Å²) in [5.41, 5.74) is 2.56. The quantitative estimate of drug-likeness (QED) is 0.573. The number of hydrogen-bond donors (Lipinski definition) is 1. The van der Waals surface area contributed by atoms with Crippen LogP contribution in [0.15, 0.2) is 47.4 Å². The lowest BCUT2D eigenvalue weighted by molar-refractivity contribution is 0.0956. The summed E-state index contributed by atoms with van der Waals surface area (Å²) in [6.07, 6.45) is 0. The van der Waals surface area contributed by atoms with Crippen LogP contribution in [0.1, 0.15) is 35.3 Å². The first-order valence-electron chi connectivity index (χ1n) is 9.50. The topological polar surface area (TPSA) is 66.5 Å². The average molecular weight is 439 g/mol. The molecular weight excluding hydrogens is 411 g/mol. The molecule has 0 spiro atoms. The molecule has 1 N–H and O–H groups in total. The fourth-order valence-corrected chi connectivity index (χ4v) is 5.13. The normalized spacial score (nSPS) is 11.6. The van der Waals surface area contributed by atoms with Crippen molar-refractivity contribution < 1.29 is 17.6 Å². The summed E-state index contributed by atoms with van der Waals surface area (Å²) in [5, 5.41) is 2.76. The summed E-state index contributed by atoms with van der Waals surface area (Å²) >= 11 is 1.69. The summed E-state index contributed by atoms with van der Waals surface area (Å²) in [7, 11) is -3.98. The van der Waals surface area contributed by atoms with Crippen LogP contribution in [-0.4, -0.2) is 44.0 Å². The van der Waals surface area contributed by atoms with Crippen LogP contribution in [0.3, 0.4) is 0 Å². The Labute approximate surface area is 176 Å². The van der Waals surface area contributed by atoms with E-state index in [2.05, 4.69) is 29.6 Å². The predicted molar refractivity (Wildman–Crippen MR) is 116 cm³/mol. The first-order chi connectivity index (χ1) is 13.8. The van der Waals surface area contributed by atoms with E-state index in [1.807, 2.05) is 6.92 Å². The van der Waals surface area contributed by atoms with Crippen LogP contribution in [0.25, 0.3) is 0 Å². The van der Waals surface area contributed by atoms with Crippen molar-refractivity contribution in [1.82, 2.24) is 9.62 Å². The fourth-order valence-electron chi connectivity index (χ4n) is 2.76. The molecule has 5 nitrogen and oxygen atoms in total. The van der Waals surface area contributed by atoms with Gasteiger partial charge in [-0.05, 0) is 30.7 Å². The Balaban J connectivity index is 1.94. The van der Waals surface area contributed by atoms with Gasteiger partial charge >= 0.3 is 0 Å². The molecule has 0 saturated carbocycles. The van der Waals surface area contributed by atoms with Gasteiger partial charge in [0.05, 0.1) is 0 Å². The lowest BCUT2D eigenvalue weighted by Gasteiger charge is -2.19. The molecule has 0 aromatic heterocycles. The third-order valence-electron chi connectivity index (χ3n) is 4.44. The third-order valence-corrected chi connectivity index (χ3v) is 7.53. The minimum absolute atomic E-state index is 0.126. The number of amides is 1. The van der Waals surface area contributed by atoms with E-state index in [1.165, 1.54) is 17.2 Å². The molecule has 8 heteroatoms. The van der Waals surface area contributed by atoms with E-state index in [1.54, 1.807) is 25.6 Å². The smallest absolute Gasteiger partial charge is 0.251 e. The molecule has 2 aromatic carbocycles. The highest BCUT2D eigenvalue weighted by atomic mass is 32.2. The maximum atomic E-state index is 14.2. The molecule has 2 rings (SSSR count). The van der Waals surface area contributed by atoms with Crippen LogP contribution in [0.2, 0.25) is 0 Å². The van der Waals surface area contributed by atoms with Crippen molar-refractivity contribution in [1.29, 1.82) is 0 Å². The van der Waals surface area contributed by atoms with Gasteiger partial charge in [-0.25, -0.2) is 12.8 Å². The third kappa shape index (κ3) is 6.29. The second kappa shape index (κ2) is 10.8. The van der Waals surface area contributed by atoms with Crippen LogP contribution in [0, 0.1) is 12.7 Å². The van der Waals surface area contributed by atoms with Crippen LogP contribution in [0.4, 0.5) is 4.39 Å². The summed E-state index contributed by atoms with van der Waals surface area (Å²) in [4.78, 5) is 11.9. The highest BCUT2D eigenvalue weighted by Crippen LogP contribution is 2.21. The SMILES string of the molecule is CCN(CC)S(=O)(=O)c1cc(C(=O)NCCSCc2ccc(C)cc2)ccc1F. The fraction of sp³-hybridized carbons (Fsp3) is 0.381. The zero-order chi connectivity index (χ0) is 21.4. The van der Waals surface area contributed by atoms with E-state index in [9.17, 15) is 17.6 Å². The number of carbonyl (C=O) groups excluding carboxylic acids is 1. The summed E-state index contributed by atoms with van der Waals surface area (Å²) in [6, 6.07) is 11.7. The van der Waals surface area contributed by atoms with E-state index < -0.39 is 26.6 Å². The van der Waals surface area contributed by atoms with E-state index in [-0.39, 0.29) is 18.7 Å². The maximum absolute atomic E-state index is 14.2. The number of sulfonamides is 1. The van der Waals surface area contributed by atoms with Crippen LogP contribution in [-0.2, 0) is 15.8 Å². The molecule has 0 heterocycles. The molecule has 0 fully saturated rings. The first-order valence-corrected chi connectivity index (χ1v) is 12.1. The summed E-state index contributed by atoms with van der Waals surface area (Å²) in [5.74, 6) is 0.281. The lowest BCUT2D eigenvalue weighted by Crippen LogP contribution is -2.32. The molecule has 0 aliphatic rings. The Hall–Kier alpha value is -1.90. The predicted octanol–water partition coefficient (Wildman–Crippen LogP) is 3.83. The van der Waals surface area contributed by atoms with Crippen LogP contribution in [0.5, 0.6) is 0 Å². The Morgan fingerprint density at radius 2 is 1.76 bits per heavy atom. The number of nitrogens with zero attached hydrogens (tertiary/aromatic N) is 1. The van der Waals surface area contributed by atoms with Gasteiger partial charge in [-0.1, -0.05) is 43.7 Å². The summed E-state index contributed by atoms with van der Waals surface area (Å²) in [6.45, 7) is 6.30. The molecular formula is C21H27FN2O3S2. The van der Waals surface area contributed by atoms with E-state index >= 15 is 0 Å². The van der Waals surface area contributed by atoms with Gasteiger partial charge in [0.2, 0.25) is 10.0 Å². The average Bonchev–Trinajstić information content (AvgIpc) is 2.70. The lowest BCUT2D eigenvalue weighted by atomic mass is 10.2. The van der Waals surface area contributed by atoms with Gasteiger partial charge in [0, 0.05) is 36.7 Å². The van der Waals surface area contributed by atoms with Gasteiger partial charge in [0.25, 0.3) is 5.91 Å². The molecule has 0 aliphatic carbocycles. The van der Waals surface area contributed by atoms with E-state index in [0.717, 1.165) is 22.2 Å². The molecule has 0 aliphatic heterocycles. The number of aryl methyl sites for hydroxylation is 1. The van der Waals surface area contributed by atoms with Crippen LogP contribution >= 0.6 is 11.8 Å². The van der Waals surface area contributed by atoms with Gasteiger partial charge in [0.15, 0.2) is 0 Å². The second-order valence-corrected chi connectivity index (χ2v) is 9.54. The zero-order valence-electron chi connectivity index (χ0n) is 16.9. The second-order valence-electron chi connectivity index (χ2n) is 6.53. The monoisotopic (exact) mass is 438 g/mol. The Morgan fingerprint density at radius 1 is 1.10 bits per heavy atom. The molecule has 0 bridgehead atoms. The number of rotatable bonds is 10. The standard InChI is InChI=1S/C21H27FN2O3S2/c1-4-24(5-2)29(26,27)20-14-18(10-11-19(20)22)21(25)23-12-13-28-15-17-8-6-16(3)7-9-17/h6-11,14H,4-5,12-13,15H2,1-3H3,(H,23,25). The van der Waals surface area contributed by atoms with Crippen molar-refractivity contribution in [3.8, 4) is 0 Å². The maximum Gasteiger partial charge on any atom is 0.251 e. The Bertz CT molecular complexity index is 927. The summed E-state index contributed by atoms with van der Waals surface area (Å²) < 4.78 is 40.5. The number of nitrogens with one attached hydrogen (secondary N) is 1. The molecule has 2 aromatic rings. The van der Waals surface area contributed by atoms with Crippen molar-refractivity contribution in [3.05, 3.63) is 65.0 Å². The minimum atomic E-state index is -3.98. The van der Waals surface area contributed by atoms with Crippen molar-refractivity contribution >= 4 is 27.7 Å². The molecule has 29 heavy (non-hydrogen) atoms. The largest absolute Gasteiger partial charge is 0.351 e. The number of thioether (sulfide) groups is 1. The number of halogens is 1. The van der Waals surface area contributed by atoms with E-state index in [4.69, 9.17) is 0 Å². The number of benzene rings is 2. The van der Waals surface area contributed by atoms with Crippen molar-refractivity contribution in [2.75, 3.05) is 25.4 Å². The van der Waals surface area contributed by atoms with Crippen LogP contribution < -0.4 is 5.32 Å². The molecule has 0 radical (unpaired) electrons. The van der Waals surface area contributed by atoms with Gasteiger partial charge < -0.3 is 5.32 Å². The van der Waals surface area contributed by atoms with Crippen molar-refractivity contribution in [2.24, 2.45) is 0 Å². The molecule has 158 valence electrons. The minimum Gasteiger partial charge on any atom is -0.351 e. The molecule has 0 saturated heterocycles. The molecule has 0 atom stereocenters. The van der Waals surface area contributed by atoms with Crippen molar-refractivity contribution in [3.63, 3.8) is 0 Å². The van der Waals surface area contributed by atoms with E-state index in [0.29, 0.717) is 12.3 Å². The number of hydrogen-bond acceptors (Lipinski definition) is 4. The van der Waals surface area contributed by atoms with Gasteiger partial charge in [-0.15, -0.1) is 0 Å².